The Morgan fingerprint density at radius 2 is 1.57 bits per heavy atom. The summed E-state index contributed by atoms with van der Waals surface area (Å²) in [6.45, 7) is 1.62. The van der Waals surface area contributed by atoms with Gasteiger partial charge in [0.1, 0.15) is 5.82 Å². The standard InChI is InChI=1S/C23H21FN2O4/c1-15(30-21-9-4-3-8-20(21)29-2)22(27)26-19-7-5-6-16(14-19)23(28)25-18-12-10-17(24)11-13-18/h3-15H,1-2H3,(H,25,28)(H,26,27). The molecule has 0 bridgehead atoms. The van der Waals surface area contributed by atoms with E-state index in [0.717, 1.165) is 0 Å². The highest BCUT2D eigenvalue weighted by molar-refractivity contribution is 6.05. The van der Waals surface area contributed by atoms with Gasteiger partial charge in [-0.2, -0.15) is 0 Å². The molecule has 0 aliphatic rings. The van der Waals surface area contributed by atoms with Crippen molar-refractivity contribution < 1.29 is 23.5 Å². The van der Waals surface area contributed by atoms with Crippen LogP contribution >= 0.6 is 0 Å². The molecule has 2 amide bonds. The Hall–Kier alpha value is -3.87. The van der Waals surface area contributed by atoms with Crippen LogP contribution in [0.4, 0.5) is 15.8 Å². The molecule has 1 unspecified atom stereocenters. The first-order chi connectivity index (χ1) is 14.5. The number of anilines is 2. The molecule has 0 aliphatic heterocycles. The maximum absolute atomic E-state index is 13.0. The third-order valence-electron chi connectivity index (χ3n) is 4.24. The van der Waals surface area contributed by atoms with E-state index >= 15 is 0 Å². The zero-order valence-corrected chi connectivity index (χ0v) is 16.5. The first kappa shape index (κ1) is 20.9. The van der Waals surface area contributed by atoms with Gasteiger partial charge in [-0.25, -0.2) is 4.39 Å². The van der Waals surface area contributed by atoms with Crippen molar-refractivity contribution in [3.05, 3.63) is 84.2 Å². The van der Waals surface area contributed by atoms with Gasteiger partial charge in [0, 0.05) is 16.9 Å². The number of rotatable bonds is 7. The van der Waals surface area contributed by atoms with Gasteiger partial charge in [-0.1, -0.05) is 18.2 Å². The number of benzene rings is 3. The number of ether oxygens (including phenoxy) is 2. The number of nitrogens with one attached hydrogen (secondary N) is 2. The number of para-hydroxylation sites is 2. The largest absolute Gasteiger partial charge is 0.493 e. The van der Waals surface area contributed by atoms with Crippen LogP contribution in [0.15, 0.2) is 72.8 Å². The van der Waals surface area contributed by atoms with E-state index in [4.69, 9.17) is 9.47 Å². The van der Waals surface area contributed by atoms with E-state index in [9.17, 15) is 14.0 Å². The van der Waals surface area contributed by atoms with Gasteiger partial charge < -0.3 is 20.1 Å². The minimum absolute atomic E-state index is 0.343. The van der Waals surface area contributed by atoms with E-state index in [-0.39, 0.29) is 17.6 Å². The maximum atomic E-state index is 13.0. The van der Waals surface area contributed by atoms with E-state index in [1.54, 1.807) is 55.5 Å². The maximum Gasteiger partial charge on any atom is 0.265 e. The first-order valence-corrected chi connectivity index (χ1v) is 9.24. The molecule has 2 N–H and O–H groups in total. The number of halogens is 1. The Kier molecular flexibility index (Phi) is 6.64. The molecule has 30 heavy (non-hydrogen) atoms. The van der Waals surface area contributed by atoms with Gasteiger partial charge in [-0.05, 0) is 61.5 Å². The summed E-state index contributed by atoms with van der Waals surface area (Å²) in [5.74, 6) is -0.165. The van der Waals surface area contributed by atoms with Crippen molar-refractivity contribution in [2.75, 3.05) is 17.7 Å². The zero-order valence-electron chi connectivity index (χ0n) is 16.5. The van der Waals surface area contributed by atoms with Crippen LogP contribution in [0.1, 0.15) is 17.3 Å². The summed E-state index contributed by atoms with van der Waals surface area (Å²) < 4.78 is 23.9. The summed E-state index contributed by atoms with van der Waals surface area (Å²) >= 11 is 0. The van der Waals surface area contributed by atoms with Gasteiger partial charge in [0.25, 0.3) is 11.8 Å². The smallest absolute Gasteiger partial charge is 0.265 e. The molecule has 7 heteroatoms. The molecule has 1 atom stereocenters. The number of carbonyl (C=O) groups excluding carboxylic acids is 2. The van der Waals surface area contributed by atoms with E-state index in [2.05, 4.69) is 10.6 Å². The van der Waals surface area contributed by atoms with E-state index in [1.807, 2.05) is 0 Å². The highest BCUT2D eigenvalue weighted by Gasteiger charge is 2.17. The SMILES string of the molecule is COc1ccccc1OC(C)C(=O)Nc1cccc(C(=O)Nc2ccc(F)cc2)c1. The monoisotopic (exact) mass is 408 g/mol. The van der Waals surface area contributed by atoms with Crippen molar-refractivity contribution in [3.8, 4) is 11.5 Å². The minimum Gasteiger partial charge on any atom is -0.493 e. The van der Waals surface area contributed by atoms with Gasteiger partial charge in [-0.15, -0.1) is 0 Å². The highest BCUT2D eigenvalue weighted by atomic mass is 19.1. The molecule has 154 valence electrons. The Morgan fingerprint density at radius 3 is 2.27 bits per heavy atom. The molecule has 3 rings (SSSR count). The second-order valence-corrected chi connectivity index (χ2v) is 6.44. The lowest BCUT2D eigenvalue weighted by molar-refractivity contribution is -0.122. The average Bonchev–Trinajstić information content (AvgIpc) is 2.75. The van der Waals surface area contributed by atoms with Gasteiger partial charge in [0.15, 0.2) is 17.6 Å². The molecule has 3 aromatic carbocycles. The lowest BCUT2D eigenvalue weighted by Gasteiger charge is -2.17. The summed E-state index contributed by atoms with van der Waals surface area (Å²) in [5, 5.41) is 5.41. The van der Waals surface area contributed by atoms with Crippen LogP contribution in [0, 0.1) is 5.82 Å². The molecule has 3 aromatic rings. The van der Waals surface area contributed by atoms with Crippen molar-refractivity contribution >= 4 is 23.2 Å². The molecule has 0 aromatic heterocycles. The lowest BCUT2D eigenvalue weighted by Crippen LogP contribution is -2.30. The van der Waals surface area contributed by atoms with Crippen molar-refractivity contribution in [3.63, 3.8) is 0 Å². The van der Waals surface area contributed by atoms with E-state index in [1.165, 1.54) is 31.4 Å². The Balaban J connectivity index is 1.64. The predicted octanol–water partition coefficient (Wildman–Crippen LogP) is 4.49. The van der Waals surface area contributed by atoms with Gasteiger partial charge in [-0.3, -0.25) is 9.59 Å². The highest BCUT2D eigenvalue weighted by Crippen LogP contribution is 2.27. The number of hydrogen-bond acceptors (Lipinski definition) is 4. The summed E-state index contributed by atoms with van der Waals surface area (Å²) in [5.41, 5.74) is 1.26. The van der Waals surface area contributed by atoms with Crippen LogP contribution < -0.4 is 20.1 Å². The van der Waals surface area contributed by atoms with Crippen LogP contribution in [0.5, 0.6) is 11.5 Å². The van der Waals surface area contributed by atoms with Crippen molar-refractivity contribution in [1.29, 1.82) is 0 Å². The predicted molar refractivity (Wildman–Crippen MR) is 113 cm³/mol. The number of amides is 2. The Labute approximate surface area is 173 Å². The molecule has 6 nitrogen and oxygen atoms in total. The van der Waals surface area contributed by atoms with E-state index < -0.39 is 6.10 Å². The molecule has 0 heterocycles. The Morgan fingerprint density at radius 1 is 0.867 bits per heavy atom. The van der Waals surface area contributed by atoms with Crippen molar-refractivity contribution in [1.82, 2.24) is 0 Å². The van der Waals surface area contributed by atoms with Crippen LogP contribution in [-0.2, 0) is 4.79 Å². The molecule has 0 saturated heterocycles. The average molecular weight is 408 g/mol. The molecule has 0 fully saturated rings. The van der Waals surface area contributed by atoms with Crippen LogP contribution in [-0.4, -0.2) is 25.0 Å². The number of hydrogen-bond donors (Lipinski definition) is 2. The summed E-state index contributed by atoms with van der Waals surface area (Å²) in [7, 11) is 1.52. The minimum atomic E-state index is -0.794. The number of methoxy groups -OCH3 is 1. The fourth-order valence-electron chi connectivity index (χ4n) is 2.68. The third-order valence-corrected chi connectivity index (χ3v) is 4.24. The van der Waals surface area contributed by atoms with Crippen LogP contribution in [0.3, 0.4) is 0 Å². The summed E-state index contributed by atoms with van der Waals surface area (Å²) in [6.07, 6.45) is -0.794. The Bertz CT molecular complexity index is 1040. The zero-order chi connectivity index (χ0) is 21.5. The second-order valence-electron chi connectivity index (χ2n) is 6.44. The first-order valence-electron chi connectivity index (χ1n) is 9.24. The molecule has 0 radical (unpaired) electrons. The van der Waals surface area contributed by atoms with Gasteiger partial charge >= 0.3 is 0 Å². The molecule has 0 spiro atoms. The van der Waals surface area contributed by atoms with E-state index in [0.29, 0.717) is 28.4 Å². The topological polar surface area (TPSA) is 76.7 Å². The summed E-state index contributed by atoms with van der Waals surface area (Å²) in [6, 6.07) is 19.0. The molecule has 0 aliphatic carbocycles. The van der Waals surface area contributed by atoms with Gasteiger partial charge in [0.2, 0.25) is 0 Å². The number of carbonyl (C=O) groups is 2. The normalized spacial score (nSPS) is 11.3. The fraction of sp³-hybridized carbons (Fsp3) is 0.130. The quantitative estimate of drug-likeness (QED) is 0.604. The fourth-order valence-corrected chi connectivity index (χ4v) is 2.68. The van der Waals surface area contributed by atoms with Crippen molar-refractivity contribution in [2.24, 2.45) is 0 Å². The third kappa shape index (κ3) is 5.35. The van der Waals surface area contributed by atoms with Gasteiger partial charge in [0.05, 0.1) is 7.11 Å². The summed E-state index contributed by atoms with van der Waals surface area (Å²) in [4.78, 5) is 24.9. The second kappa shape index (κ2) is 9.56. The molecular formula is C23H21FN2O4. The van der Waals surface area contributed by atoms with Crippen molar-refractivity contribution in [2.45, 2.75) is 13.0 Å². The molecule has 0 saturated carbocycles. The lowest BCUT2D eigenvalue weighted by atomic mass is 10.1. The van der Waals surface area contributed by atoms with Crippen LogP contribution in [0.25, 0.3) is 0 Å². The molecular weight excluding hydrogens is 387 g/mol. The van der Waals surface area contributed by atoms with Crippen LogP contribution in [0.2, 0.25) is 0 Å².